The van der Waals surface area contributed by atoms with E-state index in [-0.39, 0.29) is 25.2 Å². The van der Waals surface area contributed by atoms with Gasteiger partial charge in [0.15, 0.2) is 6.10 Å². The van der Waals surface area contributed by atoms with Crippen molar-refractivity contribution in [3.63, 3.8) is 0 Å². The fourth-order valence-electron chi connectivity index (χ4n) is 2.82. The standard InChI is InChI=1S/C24H19BrF6O6/c1-2-34-21(22(32)33)13-16-7-8-20(19(25)12-16)35-9-5-3-4-6-15-10-17(36-23(26,27)28)14-18(11-15)37-24(29,30)31/h3,5,7-8,10-12,14,21H,2,9,13H2,1H3,(H,32,33)/b5-3-. The van der Waals surface area contributed by atoms with E-state index in [0.29, 0.717) is 21.9 Å². The molecule has 0 heterocycles. The summed E-state index contributed by atoms with van der Waals surface area (Å²) in [6.07, 6.45) is -8.31. The second kappa shape index (κ2) is 13.3. The number of hydrogen-bond donors (Lipinski definition) is 1. The Labute approximate surface area is 215 Å². The van der Waals surface area contributed by atoms with Crippen molar-refractivity contribution in [1.29, 1.82) is 0 Å². The number of hydrogen-bond acceptors (Lipinski definition) is 5. The van der Waals surface area contributed by atoms with Gasteiger partial charge in [-0.3, -0.25) is 0 Å². The molecule has 2 aromatic rings. The molecule has 0 aliphatic heterocycles. The molecule has 0 spiro atoms. The first-order chi connectivity index (χ1) is 17.3. The highest BCUT2D eigenvalue weighted by molar-refractivity contribution is 9.10. The van der Waals surface area contributed by atoms with Gasteiger partial charge in [-0.2, -0.15) is 0 Å². The van der Waals surface area contributed by atoms with Gasteiger partial charge < -0.3 is 24.1 Å². The van der Waals surface area contributed by atoms with E-state index in [0.717, 1.165) is 12.1 Å². The average Bonchev–Trinajstić information content (AvgIpc) is 2.74. The second-order valence-electron chi connectivity index (χ2n) is 7.02. The van der Waals surface area contributed by atoms with E-state index in [2.05, 4.69) is 37.2 Å². The third-order valence-corrected chi connectivity index (χ3v) is 4.78. The Kier molecular flexibility index (Phi) is 10.7. The zero-order chi connectivity index (χ0) is 27.6. The first-order valence-electron chi connectivity index (χ1n) is 10.3. The van der Waals surface area contributed by atoms with Crippen LogP contribution in [0.3, 0.4) is 0 Å². The Morgan fingerprint density at radius 2 is 1.68 bits per heavy atom. The second-order valence-corrected chi connectivity index (χ2v) is 7.88. The summed E-state index contributed by atoms with van der Waals surface area (Å²) >= 11 is 3.33. The third kappa shape index (κ3) is 11.5. The molecule has 2 aromatic carbocycles. The maximum atomic E-state index is 12.5. The highest BCUT2D eigenvalue weighted by atomic mass is 79.9. The molecule has 0 radical (unpaired) electrons. The summed E-state index contributed by atoms with van der Waals surface area (Å²) in [7, 11) is 0. The number of halogens is 7. The Balaban J connectivity index is 2.03. The van der Waals surface area contributed by atoms with Gasteiger partial charge in [0.25, 0.3) is 0 Å². The van der Waals surface area contributed by atoms with E-state index >= 15 is 0 Å². The van der Waals surface area contributed by atoms with Crippen molar-refractivity contribution in [1.82, 2.24) is 0 Å². The van der Waals surface area contributed by atoms with Crippen LogP contribution in [0.2, 0.25) is 0 Å². The van der Waals surface area contributed by atoms with Gasteiger partial charge >= 0.3 is 18.7 Å². The smallest absolute Gasteiger partial charge is 0.488 e. The normalized spacial score (nSPS) is 12.5. The van der Waals surface area contributed by atoms with Crippen molar-refractivity contribution in [3.05, 3.63) is 64.1 Å². The van der Waals surface area contributed by atoms with Crippen LogP contribution >= 0.6 is 15.9 Å². The summed E-state index contributed by atoms with van der Waals surface area (Å²) in [6, 6.07) is 7.05. The number of benzene rings is 2. The van der Waals surface area contributed by atoms with Crippen molar-refractivity contribution in [2.24, 2.45) is 0 Å². The third-order valence-electron chi connectivity index (χ3n) is 4.16. The van der Waals surface area contributed by atoms with Crippen molar-refractivity contribution in [3.8, 4) is 29.1 Å². The number of rotatable bonds is 10. The monoisotopic (exact) mass is 596 g/mol. The summed E-state index contributed by atoms with van der Waals surface area (Å²) in [5.74, 6) is 2.39. The van der Waals surface area contributed by atoms with Gasteiger partial charge in [0.1, 0.15) is 23.9 Å². The van der Waals surface area contributed by atoms with Crippen LogP contribution in [0.1, 0.15) is 18.1 Å². The van der Waals surface area contributed by atoms with E-state index < -0.39 is 36.3 Å². The number of aliphatic carboxylic acids is 1. The zero-order valence-corrected chi connectivity index (χ0v) is 20.5. The molecule has 0 aromatic heterocycles. The molecule has 1 atom stereocenters. The van der Waals surface area contributed by atoms with Crippen LogP contribution in [0.15, 0.2) is 53.0 Å². The van der Waals surface area contributed by atoms with Crippen molar-refractivity contribution in [2.45, 2.75) is 32.2 Å². The van der Waals surface area contributed by atoms with Crippen LogP contribution in [0.4, 0.5) is 26.3 Å². The van der Waals surface area contributed by atoms with Crippen LogP contribution in [0.5, 0.6) is 17.2 Å². The molecule has 13 heteroatoms. The Morgan fingerprint density at radius 1 is 1.05 bits per heavy atom. The number of carboxylic acid groups (broad SMARTS) is 1. The summed E-state index contributed by atoms with van der Waals surface area (Å²) in [5.41, 5.74) is 0.490. The fraction of sp³-hybridized carbons (Fsp3) is 0.292. The predicted molar refractivity (Wildman–Crippen MR) is 122 cm³/mol. The van der Waals surface area contributed by atoms with Crippen molar-refractivity contribution >= 4 is 21.9 Å². The van der Waals surface area contributed by atoms with Gasteiger partial charge in [-0.1, -0.05) is 17.9 Å². The maximum Gasteiger partial charge on any atom is 0.573 e. The average molecular weight is 597 g/mol. The zero-order valence-electron chi connectivity index (χ0n) is 19.0. The SMILES string of the molecule is CCOC(Cc1ccc(OC/C=C\C#Cc2cc(OC(F)(F)F)cc(OC(F)(F)F)c2)c(Br)c1)C(=O)O. The van der Waals surface area contributed by atoms with Crippen LogP contribution in [-0.2, 0) is 16.0 Å². The van der Waals surface area contributed by atoms with E-state index in [4.69, 9.17) is 9.47 Å². The maximum absolute atomic E-state index is 12.5. The van der Waals surface area contributed by atoms with Gasteiger partial charge in [-0.05, 0) is 64.8 Å². The predicted octanol–water partition coefficient (Wildman–Crippen LogP) is 6.27. The van der Waals surface area contributed by atoms with Crippen molar-refractivity contribution in [2.75, 3.05) is 13.2 Å². The topological polar surface area (TPSA) is 74.2 Å². The number of allylic oxidation sites excluding steroid dienone is 1. The molecule has 6 nitrogen and oxygen atoms in total. The molecule has 0 bridgehead atoms. The number of alkyl halides is 6. The molecule has 37 heavy (non-hydrogen) atoms. The first-order valence-corrected chi connectivity index (χ1v) is 11.1. The van der Waals surface area contributed by atoms with E-state index in [1.807, 2.05) is 0 Å². The van der Waals surface area contributed by atoms with Crippen LogP contribution < -0.4 is 14.2 Å². The van der Waals surface area contributed by atoms with Crippen molar-refractivity contribution < 1.29 is 55.2 Å². The molecular weight excluding hydrogens is 578 g/mol. The Bertz CT molecular complexity index is 1130. The number of carboxylic acids is 1. The molecule has 0 saturated heterocycles. The van der Waals surface area contributed by atoms with Gasteiger partial charge in [-0.25, -0.2) is 4.79 Å². The van der Waals surface area contributed by atoms with E-state index in [9.17, 15) is 36.2 Å². The summed E-state index contributed by atoms with van der Waals surface area (Å²) in [5, 5.41) is 9.18. The molecule has 0 aliphatic carbocycles. The summed E-state index contributed by atoms with van der Waals surface area (Å²) < 4.78 is 93.4. The fourth-order valence-corrected chi connectivity index (χ4v) is 3.36. The van der Waals surface area contributed by atoms with Gasteiger partial charge in [0.2, 0.25) is 0 Å². The number of ether oxygens (including phenoxy) is 4. The minimum atomic E-state index is -5.12. The lowest BCUT2D eigenvalue weighted by Crippen LogP contribution is -2.26. The minimum absolute atomic E-state index is 0.0307. The van der Waals surface area contributed by atoms with Crippen LogP contribution in [0.25, 0.3) is 0 Å². The molecular formula is C24H19BrF6O6. The molecule has 0 fully saturated rings. The number of carbonyl (C=O) groups is 1. The highest BCUT2D eigenvalue weighted by Crippen LogP contribution is 2.31. The Morgan fingerprint density at radius 3 is 2.19 bits per heavy atom. The lowest BCUT2D eigenvalue weighted by molar-refractivity contribution is -0.276. The lowest BCUT2D eigenvalue weighted by atomic mass is 10.1. The summed E-state index contributed by atoms with van der Waals surface area (Å²) in [4.78, 5) is 11.2. The molecule has 0 aliphatic rings. The quantitative estimate of drug-likeness (QED) is 0.258. The minimum Gasteiger partial charge on any atom is -0.488 e. The molecule has 0 amide bonds. The molecule has 0 saturated carbocycles. The van der Waals surface area contributed by atoms with Crippen LogP contribution in [0, 0.1) is 11.8 Å². The molecule has 2 rings (SSSR count). The Hall–Kier alpha value is -3.37. The largest absolute Gasteiger partial charge is 0.573 e. The summed E-state index contributed by atoms with van der Waals surface area (Å²) in [6.45, 7) is 1.98. The molecule has 200 valence electrons. The highest BCUT2D eigenvalue weighted by Gasteiger charge is 2.33. The van der Waals surface area contributed by atoms with Crippen LogP contribution in [-0.4, -0.2) is 43.1 Å². The molecule has 1 N–H and O–H groups in total. The molecule has 1 unspecified atom stereocenters. The van der Waals surface area contributed by atoms with Gasteiger partial charge in [0, 0.05) is 24.7 Å². The van der Waals surface area contributed by atoms with Gasteiger partial charge in [0.05, 0.1) is 4.47 Å². The van der Waals surface area contributed by atoms with E-state index in [1.165, 1.54) is 12.2 Å². The lowest BCUT2D eigenvalue weighted by Gasteiger charge is -2.13. The van der Waals surface area contributed by atoms with Gasteiger partial charge in [-0.15, -0.1) is 26.3 Å². The van der Waals surface area contributed by atoms with E-state index in [1.54, 1.807) is 25.1 Å². The first kappa shape index (κ1) is 29.9.